The molecule has 0 spiro atoms. The summed E-state index contributed by atoms with van der Waals surface area (Å²) in [5, 5.41) is 74.8. The van der Waals surface area contributed by atoms with E-state index >= 15 is 0 Å². The molecule has 9 atom stereocenters. The number of benzene rings is 5. The highest BCUT2D eigenvalue weighted by Crippen LogP contribution is 2.45. The molecule has 5 aromatic rings. The molecule has 99 heavy (non-hydrogen) atoms. The number of halogens is 13. The number of aryl methyl sites for hydroxylation is 2. The zero-order valence-corrected chi connectivity index (χ0v) is 59.9. The third kappa shape index (κ3) is 24.9. The Hall–Kier alpha value is -7.15. The maximum Gasteiger partial charge on any atom is 0.425 e. The summed E-state index contributed by atoms with van der Waals surface area (Å²) >= 11 is 0. The number of ether oxygens (including phenoxy) is 2. The van der Waals surface area contributed by atoms with Crippen molar-refractivity contribution >= 4 is 11.9 Å². The number of phenolic OH excluding ortho intramolecular Hbond substituents is 6. The molecule has 0 heterocycles. The minimum atomic E-state index is -5.08. The first-order valence-electron chi connectivity index (χ1n) is 32.7. The van der Waals surface area contributed by atoms with E-state index in [4.69, 9.17) is 14.9 Å². The van der Waals surface area contributed by atoms with Crippen LogP contribution in [0.4, 0.5) is 57.1 Å². The van der Waals surface area contributed by atoms with E-state index < -0.39 is 105 Å². The van der Waals surface area contributed by atoms with Crippen molar-refractivity contribution < 1.29 is 117 Å². The van der Waals surface area contributed by atoms with E-state index in [2.05, 4.69) is 51.5 Å². The molecule has 12 nitrogen and oxygen atoms in total. The van der Waals surface area contributed by atoms with Crippen LogP contribution in [0.3, 0.4) is 0 Å². The van der Waals surface area contributed by atoms with Gasteiger partial charge in [0, 0.05) is 5.56 Å². The normalized spacial score (nSPS) is 16.3. The summed E-state index contributed by atoms with van der Waals surface area (Å²) in [6.45, 7) is 31.7. The second-order valence-electron chi connectivity index (χ2n) is 26.7. The van der Waals surface area contributed by atoms with Crippen molar-refractivity contribution in [2.75, 3.05) is 0 Å². The number of esters is 2. The van der Waals surface area contributed by atoms with Crippen LogP contribution in [0.15, 0.2) is 66.7 Å². The van der Waals surface area contributed by atoms with E-state index in [-0.39, 0.29) is 51.5 Å². The lowest BCUT2D eigenvalue weighted by Crippen LogP contribution is -2.42. The van der Waals surface area contributed by atoms with Gasteiger partial charge in [-0.25, -0.2) is 8.78 Å². The van der Waals surface area contributed by atoms with Crippen molar-refractivity contribution in [3.8, 4) is 34.5 Å². The van der Waals surface area contributed by atoms with Gasteiger partial charge >= 0.3 is 30.5 Å². The number of carbonyl (C=O) groups excluding carboxylic acids is 2. The molecule has 5 aromatic carbocycles. The Morgan fingerprint density at radius 1 is 0.495 bits per heavy atom. The number of hydrogen-bond donors (Lipinski definition) is 8. The summed E-state index contributed by atoms with van der Waals surface area (Å²) < 4.78 is 178. The van der Waals surface area contributed by atoms with Crippen LogP contribution in [-0.2, 0) is 30.3 Å². The van der Waals surface area contributed by atoms with E-state index in [1.807, 2.05) is 40.7 Å². The Labute approximate surface area is 573 Å². The molecule has 0 bridgehead atoms. The molecular formula is C74H101F13O12. The van der Waals surface area contributed by atoms with Crippen LogP contribution in [-0.4, -0.2) is 83.0 Å². The van der Waals surface area contributed by atoms with Crippen LogP contribution in [0, 0.1) is 48.4 Å². The number of aromatic hydroxyl groups is 6. The molecule has 560 valence electrons. The molecule has 8 N–H and O–H groups in total. The predicted molar refractivity (Wildman–Crippen MR) is 354 cm³/mol. The number of rotatable bonds is 17. The molecule has 0 radical (unpaired) electrons. The van der Waals surface area contributed by atoms with Gasteiger partial charge in [0.15, 0.2) is 57.7 Å². The Balaban J connectivity index is 0.000000605. The summed E-state index contributed by atoms with van der Waals surface area (Å²) in [7, 11) is 0. The molecule has 25 heteroatoms. The van der Waals surface area contributed by atoms with E-state index in [9.17, 15) is 97.3 Å². The van der Waals surface area contributed by atoms with Crippen molar-refractivity contribution in [3.05, 3.63) is 140 Å². The molecule has 9 unspecified atom stereocenters. The van der Waals surface area contributed by atoms with E-state index in [0.29, 0.717) is 55.9 Å². The van der Waals surface area contributed by atoms with Crippen LogP contribution in [0.2, 0.25) is 0 Å². The fourth-order valence-corrected chi connectivity index (χ4v) is 9.32. The minimum absolute atomic E-state index is 0.0344. The van der Waals surface area contributed by atoms with Gasteiger partial charge in [-0.15, -0.1) is 0 Å². The van der Waals surface area contributed by atoms with Crippen LogP contribution >= 0.6 is 0 Å². The Morgan fingerprint density at radius 2 is 0.859 bits per heavy atom. The first kappa shape index (κ1) is 89.9. The van der Waals surface area contributed by atoms with Crippen LogP contribution in [0.25, 0.3) is 0 Å². The highest BCUT2D eigenvalue weighted by molar-refractivity contribution is 5.76. The molecule has 0 saturated heterocycles. The zero-order chi connectivity index (χ0) is 77.2. The number of aliphatic hydroxyl groups is 2. The van der Waals surface area contributed by atoms with Crippen molar-refractivity contribution in [3.63, 3.8) is 0 Å². The Kier molecular flexibility index (Phi) is 33.6. The van der Waals surface area contributed by atoms with Crippen molar-refractivity contribution in [2.24, 2.45) is 11.3 Å². The van der Waals surface area contributed by atoms with E-state index in [1.54, 1.807) is 33.8 Å². The van der Waals surface area contributed by atoms with Crippen molar-refractivity contribution in [2.45, 2.75) is 260 Å². The molecule has 0 aliphatic heterocycles. The van der Waals surface area contributed by atoms with Gasteiger partial charge in [0.25, 0.3) is 0 Å². The van der Waals surface area contributed by atoms with Gasteiger partial charge in [-0.3, -0.25) is 9.59 Å². The summed E-state index contributed by atoms with van der Waals surface area (Å²) in [5.74, 6) is -10.8. The summed E-state index contributed by atoms with van der Waals surface area (Å²) in [5.41, 5.74) is -4.29. The van der Waals surface area contributed by atoms with Crippen LogP contribution < -0.4 is 0 Å². The standard InChI is InChI=1S/C16H20F6O2.C14H17F3O4.C12H22O2.C12H18O.C10H10F4O.C10H14O2/c1-5-9(2)10-6-11(13(3,23)15(17,18)19)8-12(7-10)14(4,24)16(20,21)22;1-7(10-4-5-11(18)12(19)6-10)8(2)13(20)21-9(3)14(15,16)17;1-5-11(2,3)10(13)14-12(4)8-6-7-9-12;1-5-8(2)11-6-9(3)12(13)10(4)7-11;1-3-4(2)5-6(11)8(13)10(15)9(14)7(5)12;1-3-7(2)8-4-5-9(11)10(12)6-8/h6-9,23-24H,5H2,1-4H3;4-9,18-19H,1-3H3;5-9H2,1-4H3;6-8,13H,5H2,1-4H3;4,15H,3H2,1-2H3;4-7,11-12H,3H2,1-2H3. The van der Waals surface area contributed by atoms with E-state index in [0.717, 1.165) is 67.9 Å². The van der Waals surface area contributed by atoms with Gasteiger partial charge in [-0.2, -0.15) is 48.3 Å². The molecule has 0 aromatic heterocycles. The lowest BCUT2D eigenvalue weighted by atomic mass is 9.84. The third-order valence-corrected chi connectivity index (χ3v) is 18.5. The topological polar surface area (TPSA) is 214 Å². The lowest BCUT2D eigenvalue weighted by Gasteiger charge is -2.32. The molecular weight excluding hydrogens is 1330 g/mol. The third-order valence-electron chi connectivity index (χ3n) is 18.5. The molecule has 1 fully saturated rings. The van der Waals surface area contributed by atoms with Crippen LogP contribution in [0.1, 0.15) is 255 Å². The Bertz CT molecular complexity index is 3310. The summed E-state index contributed by atoms with van der Waals surface area (Å²) in [6, 6.07) is 15.7. The summed E-state index contributed by atoms with van der Waals surface area (Å²) in [4.78, 5) is 23.6. The second kappa shape index (κ2) is 37.0. The minimum Gasteiger partial charge on any atom is -0.507 e. The SMILES string of the molecule is CC(C(=O)OC(C)C(F)(F)F)C(C)c1ccc(O)c(O)c1.CCC(C)(C)C(=O)OC1(C)CCCC1.CCC(C)c1c(F)c(F)c(O)c(F)c1F.CCC(C)c1cc(C(C)(O)C(F)(F)F)cc(C(C)(O)C(F)(F)F)c1.CCC(C)c1cc(C)c(O)c(C)c1.CCC(C)c1ccc(O)c(O)c1. The number of phenols is 6. The van der Waals surface area contributed by atoms with Gasteiger partial charge in [0.1, 0.15) is 11.4 Å². The zero-order valence-electron chi connectivity index (χ0n) is 59.9. The quantitative estimate of drug-likeness (QED) is 0.0189. The molecule has 1 aliphatic carbocycles. The van der Waals surface area contributed by atoms with Gasteiger partial charge < -0.3 is 50.3 Å². The lowest BCUT2D eigenvalue weighted by molar-refractivity contribution is -0.261. The Morgan fingerprint density at radius 3 is 1.21 bits per heavy atom. The fraction of sp³-hybridized carbons (Fsp3) is 0.568. The molecule has 0 amide bonds. The molecule has 1 saturated carbocycles. The van der Waals surface area contributed by atoms with Gasteiger partial charge in [-0.1, -0.05) is 113 Å². The van der Waals surface area contributed by atoms with Crippen molar-refractivity contribution in [1.82, 2.24) is 0 Å². The smallest absolute Gasteiger partial charge is 0.425 e. The van der Waals surface area contributed by atoms with Gasteiger partial charge in [0.05, 0.1) is 11.3 Å². The highest BCUT2D eigenvalue weighted by atomic mass is 19.4. The number of carbonyl (C=O) groups is 2. The molecule has 6 rings (SSSR count). The van der Waals surface area contributed by atoms with Gasteiger partial charge in [0.2, 0.25) is 11.6 Å². The van der Waals surface area contributed by atoms with Crippen LogP contribution in [0.5, 0.6) is 34.5 Å². The fourth-order valence-electron chi connectivity index (χ4n) is 9.32. The average molecular weight is 1430 g/mol. The maximum absolute atomic E-state index is 13.2. The highest BCUT2D eigenvalue weighted by Gasteiger charge is 2.54. The maximum atomic E-state index is 13.2. The van der Waals surface area contributed by atoms with Crippen molar-refractivity contribution in [1.29, 1.82) is 0 Å². The number of hydrogen-bond acceptors (Lipinski definition) is 12. The monoisotopic (exact) mass is 1430 g/mol. The first-order valence-corrected chi connectivity index (χ1v) is 32.7. The summed E-state index contributed by atoms with van der Waals surface area (Å²) in [6.07, 6.45) is -8.70. The largest absolute Gasteiger partial charge is 0.507 e. The molecule has 1 aliphatic rings. The predicted octanol–water partition coefficient (Wildman–Crippen LogP) is 21.0. The van der Waals surface area contributed by atoms with Gasteiger partial charge in [-0.05, 0) is 218 Å². The second-order valence-corrected chi connectivity index (χ2v) is 26.7. The average Bonchev–Trinajstić information content (AvgIpc) is 1.15. The number of alkyl halides is 9. The van der Waals surface area contributed by atoms with E-state index in [1.165, 1.54) is 56.5 Å². The first-order chi connectivity index (χ1) is 45.1.